The highest BCUT2D eigenvalue weighted by atomic mass is 35.5. The van der Waals surface area contributed by atoms with Gasteiger partial charge in [-0.15, -0.1) is 11.6 Å². The first kappa shape index (κ1) is 13.8. The molecule has 0 aliphatic carbocycles. The Bertz CT molecular complexity index is 507. The highest BCUT2D eigenvalue weighted by molar-refractivity contribution is 7.89. The van der Waals surface area contributed by atoms with Gasteiger partial charge in [-0.05, 0) is 32.6 Å². The van der Waals surface area contributed by atoms with Crippen molar-refractivity contribution in [3.8, 4) is 0 Å². The summed E-state index contributed by atoms with van der Waals surface area (Å²) in [6, 6.07) is 0. The van der Waals surface area contributed by atoms with E-state index in [2.05, 4.69) is 5.16 Å². The van der Waals surface area contributed by atoms with Crippen LogP contribution in [0.4, 0.5) is 0 Å². The Hall–Kier alpha value is -0.590. The third kappa shape index (κ3) is 2.41. The minimum Gasteiger partial charge on any atom is -0.360 e. The summed E-state index contributed by atoms with van der Waals surface area (Å²) in [5, 5.41) is 3.71. The molecule has 2 rings (SSSR count). The lowest BCUT2D eigenvalue weighted by atomic mass is 10.1. The van der Waals surface area contributed by atoms with Crippen LogP contribution in [0.15, 0.2) is 9.42 Å². The fourth-order valence-corrected chi connectivity index (χ4v) is 4.51. The Morgan fingerprint density at radius 1 is 1.50 bits per heavy atom. The molecule has 18 heavy (non-hydrogen) atoms. The van der Waals surface area contributed by atoms with Crippen molar-refractivity contribution in [3.63, 3.8) is 0 Å². The fraction of sp³-hybridized carbons (Fsp3) is 0.727. The second-order valence-electron chi connectivity index (χ2n) is 4.65. The van der Waals surface area contributed by atoms with E-state index in [1.165, 1.54) is 4.31 Å². The molecule has 1 atom stereocenters. The minimum absolute atomic E-state index is 0.217. The second-order valence-corrected chi connectivity index (χ2v) is 6.90. The van der Waals surface area contributed by atoms with Crippen LogP contribution in [0.25, 0.3) is 0 Å². The topological polar surface area (TPSA) is 63.4 Å². The molecule has 1 aromatic rings. The van der Waals surface area contributed by atoms with Crippen molar-refractivity contribution in [2.45, 2.75) is 31.6 Å². The summed E-state index contributed by atoms with van der Waals surface area (Å²) in [4.78, 5) is 0.217. The van der Waals surface area contributed by atoms with Gasteiger partial charge in [0.15, 0.2) is 5.76 Å². The molecule has 0 radical (unpaired) electrons. The number of nitrogens with zero attached hydrogens (tertiary/aromatic N) is 2. The van der Waals surface area contributed by atoms with Gasteiger partial charge < -0.3 is 4.52 Å². The van der Waals surface area contributed by atoms with Gasteiger partial charge in [0.25, 0.3) is 0 Å². The lowest BCUT2D eigenvalue weighted by Gasteiger charge is -2.16. The molecule has 1 aliphatic heterocycles. The molecule has 1 unspecified atom stereocenters. The molecule has 0 saturated carbocycles. The monoisotopic (exact) mass is 292 g/mol. The number of aryl methyl sites for hydroxylation is 2. The third-order valence-corrected chi connectivity index (χ3v) is 5.66. The molecule has 0 aromatic carbocycles. The number of alkyl halides is 1. The summed E-state index contributed by atoms with van der Waals surface area (Å²) in [7, 11) is -3.47. The van der Waals surface area contributed by atoms with E-state index in [4.69, 9.17) is 16.1 Å². The van der Waals surface area contributed by atoms with Gasteiger partial charge >= 0.3 is 0 Å². The highest BCUT2D eigenvalue weighted by Gasteiger charge is 2.35. The largest absolute Gasteiger partial charge is 0.360 e. The molecule has 1 aliphatic rings. The van der Waals surface area contributed by atoms with Crippen LogP contribution >= 0.6 is 11.6 Å². The molecule has 0 bridgehead atoms. The smallest absolute Gasteiger partial charge is 0.248 e. The molecule has 5 nitrogen and oxygen atoms in total. The van der Waals surface area contributed by atoms with E-state index in [1.54, 1.807) is 13.8 Å². The van der Waals surface area contributed by atoms with Crippen LogP contribution in [0.1, 0.15) is 24.3 Å². The fourth-order valence-electron chi connectivity index (χ4n) is 2.38. The molecule has 0 N–H and O–H groups in total. The number of rotatable bonds is 4. The van der Waals surface area contributed by atoms with E-state index in [9.17, 15) is 8.42 Å². The molecule has 102 valence electrons. The zero-order valence-corrected chi connectivity index (χ0v) is 12.1. The van der Waals surface area contributed by atoms with E-state index in [-0.39, 0.29) is 4.90 Å². The molecule has 7 heteroatoms. The second kappa shape index (κ2) is 5.19. The summed E-state index contributed by atoms with van der Waals surface area (Å²) in [5.74, 6) is 1.29. The van der Waals surface area contributed by atoms with Gasteiger partial charge in [0.1, 0.15) is 10.6 Å². The van der Waals surface area contributed by atoms with Crippen molar-refractivity contribution in [3.05, 3.63) is 11.5 Å². The first-order valence-electron chi connectivity index (χ1n) is 5.95. The number of hydrogen-bond acceptors (Lipinski definition) is 4. The van der Waals surface area contributed by atoms with Crippen LogP contribution < -0.4 is 0 Å². The van der Waals surface area contributed by atoms with E-state index in [0.717, 1.165) is 12.8 Å². The molecule has 1 fully saturated rings. The zero-order chi connectivity index (χ0) is 13.3. The van der Waals surface area contributed by atoms with Crippen molar-refractivity contribution in [2.24, 2.45) is 5.92 Å². The summed E-state index contributed by atoms with van der Waals surface area (Å²) >= 11 is 5.70. The van der Waals surface area contributed by atoms with Crippen molar-refractivity contribution >= 4 is 21.6 Å². The molecule has 1 saturated heterocycles. The average molecular weight is 293 g/mol. The maximum absolute atomic E-state index is 12.5. The Kier molecular flexibility index (Phi) is 3.99. The highest BCUT2D eigenvalue weighted by Crippen LogP contribution is 2.29. The van der Waals surface area contributed by atoms with E-state index >= 15 is 0 Å². The first-order chi connectivity index (χ1) is 8.46. The molecule has 0 spiro atoms. The van der Waals surface area contributed by atoms with Crippen LogP contribution in [-0.4, -0.2) is 36.8 Å². The van der Waals surface area contributed by atoms with Gasteiger partial charge in [-0.2, -0.15) is 4.31 Å². The van der Waals surface area contributed by atoms with Crippen molar-refractivity contribution in [2.75, 3.05) is 19.0 Å². The van der Waals surface area contributed by atoms with Crippen LogP contribution in [0.5, 0.6) is 0 Å². The average Bonchev–Trinajstić information content (AvgIpc) is 2.87. The van der Waals surface area contributed by atoms with Crippen molar-refractivity contribution < 1.29 is 12.9 Å². The Labute approximate surface area is 112 Å². The first-order valence-corrected chi connectivity index (χ1v) is 7.93. The normalized spacial score (nSPS) is 21.6. The Morgan fingerprint density at radius 3 is 2.78 bits per heavy atom. The summed E-state index contributed by atoms with van der Waals surface area (Å²) < 4.78 is 31.4. The summed E-state index contributed by atoms with van der Waals surface area (Å²) in [5.41, 5.74) is 0.424. The lowest BCUT2D eigenvalue weighted by molar-refractivity contribution is 0.389. The van der Waals surface area contributed by atoms with Gasteiger partial charge in [0.2, 0.25) is 10.0 Å². The van der Waals surface area contributed by atoms with E-state index < -0.39 is 10.0 Å². The van der Waals surface area contributed by atoms with Crippen molar-refractivity contribution in [1.82, 2.24) is 9.46 Å². The minimum atomic E-state index is -3.47. The SMILES string of the molecule is Cc1noc(C)c1S(=O)(=O)N1CCC(CCCl)C1. The predicted molar refractivity (Wildman–Crippen MR) is 68.2 cm³/mol. The molecular weight excluding hydrogens is 276 g/mol. The van der Waals surface area contributed by atoms with Crippen LogP contribution in [0.3, 0.4) is 0 Å². The van der Waals surface area contributed by atoms with Crippen LogP contribution in [0.2, 0.25) is 0 Å². The zero-order valence-electron chi connectivity index (χ0n) is 10.5. The quantitative estimate of drug-likeness (QED) is 0.796. The van der Waals surface area contributed by atoms with E-state index in [0.29, 0.717) is 36.3 Å². The number of hydrogen-bond donors (Lipinski definition) is 0. The van der Waals surface area contributed by atoms with Crippen LogP contribution in [0, 0.1) is 19.8 Å². The van der Waals surface area contributed by atoms with E-state index in [1.807, 2.05) is 0 Å². The maximum Gasteiger partial charge on any atom is 0.248 e. The lowest BCUT2D eigenvalue weighted by Crippen LogP contribution is -2.29. The summed E-state index contributed by atoms with van der Waals surface area (Å²) in [6.45, 7) is 4.36. The maximum atomic E-state index is 12.5. The molecule has 1 aromatic heterocycles. The number of halogens is 1. The van der Waals surface area contributed by atoms with Crippen molar-refractivity contribution in [1.29, 1.82) is 0 Å². The molecule has 2 heterocycles. The Morgan fingerprint density at radius 2 is 2.22 bits per heavy atom. The third-order valence-electron chi connectivity index (χ3n) is 3.33. The number of aromatic nitrogens is 1. The number of sulfonamides is 1. The molecule has 0 amide bonds. The Balaban J connectivity index is 2.23. The van der Waals surface area contributed by atoms with Gasteiger partial charge in [-0.3, -0.25) is 0 Å². The van der Waals surface area contributed by atoms with Gasteiger partial charge in [0, 0.05) is 19.0 Å². The molecular formula is C11H17ClN2O3S. The van der Waals surface area contributed by atoms with Crippen LogP contribution in [-0.2, 0) is 10.0 Å². The van der Waals surface area contributed by atoms with Gasteiger partial charge in [-0.1, -0.05) is 5.16 Å². The van der Waals surface area contributed by atoms with Gasteiger partial charge in [0.05, 0.1) is 0 Å². The summed E-state index contributed by atoms with van der Waals surface area (Å²) in [6.07, 6.45) is 1.73. The predicted octanol–water partition coefficient (Wildman–Crippen LogP) is 1.93. The van der Waals surface area contributed by atoms with Gasteiger partial charge in [-0.25, -0.2) is 8.42 Å². The standard InChI is InChI=1S/C11H17ClN2O3S/c1-8-11(9(2)17-13-8)18(15,16)14-6-4-10(7-14)3-5-12/h10H,3-7H2,1-2H3.